The number of hydrogen-bond acceptors (Lipinski definition) is 2. The molecular weight excluding hydrogens is 262 g/mol. The largest absolute Gasteiger partial charge is 0.342 e. The third kappa shape index (κ3) is 3.86. The van der Waals surface area contributed by atoms with E-state index in [1.165, 1.54) is 5.69 Å². The number of aryl methyl sites for hydroxylation is 2. The van der Waals surface area contributed by atoms with Gasteiger partial charge in [-0.15, -0.1) is 0 Å². The summed E-state index contributed by atoms with van der Waals surface area (Å²) in [5, 5.41) is 4.55. The zero-order chi connectivity index (χ0) is 15.4. The molecule has 118 valence electrons. The van der Waals surface area contributed by atoms with E-state index >= 15 is 0 Å². The van der Waals surface area contributed by atoms with Crippen molar-refractivity contribution in [3.63, 3.8) is 0 Å². The van der Waals surface area contributed by atoms with Crippen molar-refractivity contribution >= 4 is 5.91 Å². The van der Waals surface area contributed by atoms with E-state index in [1.807, 2.05) is 6.92 Å². The summed E-state index contributed by atoms with van der Waals surface area (Å²) in [4.78, 5) is 14.5. The maximum Gasteiger partial charge on any atom is 0.225 e. The molecule has 4 heteroatoms. The van der Waals surface area contributed by atoms with Crippen molar-refractivity contribution in [2.24, 2.45) is 11.8 Å². The van der Waals surface area contributed by atoms with E-state index < -0.39 is 0 Å². The fourth-order valence-electron chi connectivity index (χ4n) is 3.34. The van der Waals surface area contributed by atoms with Gasteiger partial charge >= 0.3 is 0 Å². The first-order chi connectivity index (χ1) is 10.0. The summed E-state index contributed by atoms with van der Waals surface area (Å²) >= 11 is 0. The highest BCUT2D eigenvalue weighted by atomic mass is 16.2. The Kier molecular flexibility index (Phi) is 5.43. The summed E-state index contributed by atoms with van der Waals surface area (Å²) in [5.41, 5.74) is 2.33. The SMILES string of the molecule is CCC(CC)C(=O)N1CCC(Cn2nc(C)cc2C)CC1. The molecule has 1 saturated heterocycles. The molecule has 0 spiro atoms. The van der Waals surface area contributed by atoms with Gasteiger partial charge in [-0.1, -0.05) is 13.8 Å². The molecule has 0 aromatic carbocycles. The zero-order valence-corrected chi connectivity index (χ0v) is 13.9. The number of rotatable bonds is 5. The van der Waals surface area contributed by atoms with E-state index in [4.69, 9.17) is 0 Å². The van der Waals surface area contributed by atoms with Gasteiger partial charge in [0.2, 0.25) is 5.91 Å². The monoisotopic (exact) mass is 291 g/mol. The lowest BCUT2D eigenvalue weighted by Crippen LogP contribution is -2.42. The molecule has 4 nitrogen and oxygen atoms in total. The molecule has 0 saturated carbocycles. The predicted octanol–water partition coefficient (Wildman–Crippen LogP) is 3.17. The number of nitrogens with zero attached hydrogens (tertiary/aromatic N) is 3. The Hall–Kier alpha value is -1.32. The average Bonchev–Trinajstić information content (AvgIpc) is 2.79. The van der Waals surface area contributed by atoms with Crippen LogP contribution in [0.15, 0.2) is 6.07 Å². The second-order valence-electron chi connectivity index (χ2n) is 6.39. The summed E-state index contributed by atoms with van der Waals surface area (Å²) in [5.74, 6) is 1.23. The molecule has 0 atom stereocenters. The van der Waals surface area contributed by atoms with Crippen molar-refractivity contribution in [2.75, 3.05) is 13.1 Å². The van der Waals surface area contributed by atoms with Crippen LogP contribution in [0, 0.1) is 25.7 Å². The molecule has 1 aliphatic rings. The van der Waals surface area contributed by atoms with E-state index in [9.17, 15) is 4.79 Å². The number of aromatic nitrogens is 2. The maximum atomic E-state index is 12.4. The normalized spacial score (nSPS) is 16.7. The molecule has 1 amide bonds. The summed E-state index contributed by atoms with van der Waals surface area (Å²) in [7, 11) is 0. The number of likely N-dealkylation sites (tertiary alicyclic amines) is 1. The van der Waals surface area contributed by atoms with Crippen molar-refractivity contribution in [1.82, 2.24) is 14.7 Å². The number of carbonyl (C=O) groups is 1. The molecule has 1 fully saturated rings. The summed E-state index contributed by atoms with van der Waals surface area (Å²) in [6, 6.07) is 2.13. The number of carbonyl (C=O) groups excluding carboxylic acids is 1. The molecule has 0 aliphatic carbocycles. The Morgan fingerprint density at radius 3 is 2.38 bits per heavy atom. The summed E-state index contributed by atoms with van der Waals surface area (Å²) in [6.07, 6.45) is 4.12. The van der Waals surface area contributed by atoms with E-state index in [0.717, 1.165) is 51.0 Å². The number of piperidine rings is 1. The minimum Gasteiger partial charge on any atom is -0.342 e. The van der Waals surface area contributed by atoms with Gasteiger partial charge in [-0.25, -0.2) is 0 Å². The highest BCUT2D eigenvalue weighted by Crippen LogP contribution is 2.22. The van der Waals surface area contributed by atoms with Crippen molar-refractivity contribution in [1.29, 1.82) is 0 Å². The lowest BCUT2D eigenvalue weighted by Gasteiger charge is -2.34. The Morgan fingerprint density at radius 2 is 1.90 bits per heavy atom. The van der Waals surface area contributed by atoms with Gasteiger partial charge in [0.15, 0.2) is 0 Å². The van der Waals surface area contributed by atoms with Gasteiger partial charge < -0.3 is 4.90 Å². The Morgan fingerprint density at radius 1 is 1.29 bits per heavy atom. The van der Waals surface area contributed by atoms with Crippen molar-refractivity contribution < 1.29 is 4.79 Å². The third-order valence-corrected chi connectivity index (χ3v) is 4.80. The van der Waals surface area contributed by atoms with Gasteiger partial charge in [0.25, 0.3) is 0 Å². The third-order valence-electron chi connectivity index (χ3n) is 4.80. The van der Waals surface area contributed by atoms with Crippen molar-refractivity contribution in [3.05, 3.63) is 17.5 Å². The first kappa shape index (κ1) is 16.1. The number of hydrogen-bond donors (Lipinski definition) is 0. The summed E-state index contributed by atoms with van der Waals surface area (Å²) in [6.45, 7) is 11.2. The summed E-state index contributed by atoms with van der Waals surface area (Å²) < 4.78 is 2.12. The van der Waals surface area contributed by atoms with Gasteiger partial charge in [0, 0.05) is 31.2 Å². The zero-order valence-electron chi connectivity index (χ0n) is 13.9. The first-order valence-electron chi connectivity index (χ1n) is 8.35. The molecule has 0 unspecified atom stereocenters. The Balaban J connectivity index is 1.86. The lowest BCUT2D eigenvalue weighted by molar-refractivity contribution is -0.137. The lowest BCUT2D eigenvalue weighted by atomic mass is 9.94. The van der Waals surface area contributed by atoms with E-state index in [2.05, 4.69) is 41.5 Å². The van der Waals surface area contributed by atoms with Gasteiger partial charge in [-0.05, 0) is 51.5 Å². The van der Waals surface area contributed by atoms with Crippen LogP contribution >= 0.6 is 0 Å². The fraction of sp³-hybridized carbons (Fsp3) is 0.765. The Bertz CT molecular complexity index is 468. The number of amides is 1. The second kappa shape index (κ2) is 7.10. The smallest absolute Gasteiger partial charge is 0.225 e. The van der Waals surface area contributed by atoms with Crippen LogP contribution in [0.2, 0.25) is 0 Å². The minimum absolute atomic E-state index is 0.220. The Labute approximate surface area is 128 Å². The van der Waals surface area contributed by atoms with E-state index in [1.54, 1.807) is 0 Å². The molecule has 21 heavy (non-hydrogen) atoms. The van der Waals surface area contributed by atoms with Crippen LogP contribution in [-0.2, 0) is 11.3 Å². The molecule has 0 radical (unpaired) electrons. The molecule has 1 aromatic heterocycles. The molecule has 0 bridgehead atoms. The van der Waals surface area contributed by atoms with Crippen LogP contribution in [0.5, 0.6) is 0 Å². The van der Waals surface area contributed by atoms with Gasteiger partial charge in [0.1, 0.15) is 0 Å². The van der Waals surface area contributed by atoms with E-state index in [0.29, 0.717) is 11.8 Å². The molecule has 1 aliphatic heterocycles. The highest BCUT2D eigenvalue weighted by Gasteiger charge is 2.26. The van der Waals surface area contributed by atoms with Gasteiger partial charge in [0.05, 0.1) is 5.69 Å². The first-order valence-corrected chi connectivity index (χ1v) is 8.35. The molecule has 2 heterocycles. The van der Waals surface area contributed by atoms with Crippen molar-refractivity contribution in [2.45, 2.75) is 59.9 Å². The van der Waals surface area contributed by atoms with Crippen LogP contribution in [0.25, 0.3) is 0 Å². The minimum atomic E-state index is 0.220. The average molecular weight is 291 g/mol. The second-order valence-corrected chi connectivity index (χ2v) is 6.39. The standard InChI is InChI=1S/C17H29N3O/c1-5-16(6-2)17(21)19-9-7-15(8-10-19)12-20-14(4)11-13(3)18-20/h11,15-16H,5-10,12H2,1-4H3. The van der Waals surface area contributed by atoms with Crippen LogP contribution in [0.4, 0.5) is 0 Å². The topological polar surface area (TPSA) is 38.1 Å². The van der Waals surface area contributed by atoms with Gasteiger partial charge in [-0.2, -0.15) is 5.10 Å². The van der Waals surface area contributed by atoms with Crippen LogP contribution in [-0.4, -0.2) is 33.7 Å². The van der Waals surface area contributed by atoms with Crippen LogP contribution in [0.3, 0.4) is 0 Å². The fourth-order valence-corrected chi connectivity index (χ4v) is 3.34. The highest BCUT2D eigenvalue weighted by molar-refractivity contribution is 5.78. The molecule has 2 rings (SSSR count). The maximum absolute atomic E-state index is 12.4. The predicted molar refractivity (Wildman–Crippen MR) is 85.1 cm³/mol. The van der Waals surface area contributed by atoms with Gasteiger partial charge in [-0.3, -0.25) is 9.48 Å². The van der Waals surface area contributed by atoms with Crippen molar-refractivity contribution in [3.8, 4) is 0 Å². The quantitative estimate of drug-likeness (QED) is 0.835. The van der Waals surface area contributed by atoms with Crippen LogP contribution < -0.4 is 0 Å². The van der Waals surface area contributed by atoms with E-state index in [-0.39, 0.29) is 5.92 Å². The van der Waals surface area contributed by atoms with Crippen LogP contribution in [0.1, 0.15) is 50.9 Å². The molecular formula is C17H29N3O. The molecule has 0 N–H and O–H groups in total. The molecule has 1 aromatic rings.